The van der Waals surface area contributed by atoms with Crippen LogP contribution < -0.4 is 4.72 Å². The predicted octanol–water partition coefficient (Wildman–Crippen LogP) is 0.907. The van der Waals surface area contributed by atoms with E-state index in [9.17, 15) is 8.42 Å². The van der Waals surface area contributed by atoms with Crippen LogP contribution in [0.1, 0.15) is 5.56 Å². The third-order valence-electron chi connectivity index (χ3n) is 3.09. The van der Waals surface area contributed by atoms with Gasteiger partial charge in [0.15, 0.2) is 0 Å². The summed E-state index contributed by atoms with van der Waals surface area (Å²) < 4.78 is 31.8. The second-order valence-electron chi connectivity index (χ2n) is 4.86. The normalized spacial score (nSPS) is 21.4. The molecule has 110 valence electrons. The number of likely N-dealkylation sites (N-methyl/N-ethyl adjacent to an activating group) is 1. The van der Waals surface area contributed by atoms with Crippen LogP contribution in [0.5, 0.6) is 0 Å². The molecule has 1 aliphatic heterocycles. The first-order valence-corrected chi connectivity index (χ1v) is 8.13. The Morgan fingerprint density at radius 2 is 2.15 bits per heavy atom. The second kappa shape index (κ2) is 6.99. The van der Waals surface area contributed by atoms with Gasteiger partial charge in [-0.25, -0.2) is 13.1 Å². The highest BCUT2D eigenvalue weighted by atomic mass is 32.2. The van der Waals surface area contributed by atoms with Gasteiger partial charge in [0.2, 0.25) is 10.0 Å². The molecule has 1 N–H and O–H groups in total. The quantitative estimate of drug-likeness (QED) is 0.877. The van der Waals surface area contributed by atoms with Gasteiger partial charge in [0, 0.05) is 25.0 Å². The summed E-state index contributed by atoms with van der Waals surface area (Å²) in [6, 6.07) is 9.33. The molecule has 1 aliphatic rings. The lowest BCUT2D eigenvalue weighted by atomic mass is 10.2. The van der Waals surface area contributed by atoms with Crippen LogP contribution in [0, 0.1) is 0 Å². The zero-order valence-corrected chi connectivity index (χ0v) is 12.3. The van der Waals surface area contributed by atoms with E-state index in [4.69, 9.17) is 4.74 Å². The summed E-state index contributed by atoms with van der Waals surface area (Å²) in [5.74, 6) is 0. The van der Waals surface area contributed by atoms with Crippen LogP contribution >= 0.6 is 0 Å². The lowest BCUT2D eigenvalue weighted by Gasteiger charge is -2.29. The number of morpholine rings is 1. The molecule has 0 spiro atoms. The predicted molar refractivity (Wildman–Crippen MR) is 79.6 cm³/mol. The zero-order valence-electron chi connectivity index (χ0n) is 11.5. The lowest BCUT2D eigenvalue weighted by molar-refractivity contribution is -0.0156. The van der Waals surface area contributed by atoms with E-state index in [0.29, 0.717) is 13.2 Å². The van der Waals surface area contributed by atoms with Gasteiger partial charge in [0.1, 0.15) is 0 Å². The van der Waals surface area contributed by atoms with Crippen molar-refractivity contribution in [3.05, 3.63) is 41.3 Å². The third-order valence-corrected chi connectivity index (χ3v) is 4.16. The van der Waals surface area contributed by atoms with Crippen molar-refractivity contribution in [2.24, 2.45) is 0 Å². The first-order valence-electron chi connectivity index (χ1n) is 6.58. The molecular weight excluding hydrogens is 276 g/mol. The van der Waals surface area contributed by atoms with Gasteiger partial charge in [-0.15, -0.1) is 0 Å². The van der Waals surface area contributed by atoms with Crippen molar-refractivity contribution in [1.82, 2.24) is 9.62 Å². The number of ether oxygens (including phenoxy) is 1. The average molecular weight is 296 g/mol. The Balaban J connectivity index is 1.86. The van der Waals surface area contributed by atoms with Gasteiger partial charge in [-0.2, -0.15) is 0 Å². The molecular formula is C14H20N2O3S. The molecule has 6 heteroatoms. The Morgan fingerprint density at radius 3 is 2.85 bits per heavy atom. The molecule has 5 nitrogen and oxygen atoms in total. The van der Waals surface area contributed by atoms with Crippen LogP contribution in [0.2, 0.25) is 0 Å². The smallest absolute Gasteiger partial charge is 0.233 e. The van der Waals surface area contributed by atoms with E-state index in [0.717, 1.165) is 18.7 Å². The molecule has 0 bridgehead atoms. The molecule has 0 aliphatic carbocycles. The van der Waals surface area contributed by atoms with Gasteiger partial charge in [0.25, 0.3) is 0 Å². The fourth-order valence-electron chi connectivity index (χ4n) is 1.98. The number of rotatable bonds is 5. The third kappa shape index (κ3) is 5.05. The minimum Gasteiger partial charge on any atom is -0.374 e. The summed E-state index contributed by atoms with van der Waals surface area (Å²) in [4.78, 5) is 2.13. The van der Waals surface area contributed by atoms with Crippen LogP contribution in [0.4, 0.5) is 0 Å². The van der Waals surface area contributed by atoms with Gasteiger partial charge in [0.05, 0.1) is 12.7 Å². The van der Waals surface area contributed by atoms with E-state index in [-0.39, 0.29) is 6.10 Å². The molecule has 2 rings (SSSR count). The minimum absolute atomic E-state index is 0.0892. The second-order valence-corrected chi connectivity index (χ2v) is 6.51. The topological polar surface area (TPSA) is 58.6 Å². The largest absolute Gasteiger partial charge is 0.374 e. The summed E-state index contributed by atoms with van der Waals surface area (Å²) in [5, 5.41) is 1.19. The molecule has 0 radical (unpaired) electrons. The van der Waals surface area contributed by atoms with Crippen molar-refractivity contribution >= 4 is 16.1 Å². The summed E-state index contributed by atoms with van der Waals surface area (Å²) >= 11 is 0. The van der Waals surface area contributed by atoms with Crippen LogP contribution in [-0.4, -0.2) is 52.7 Å². The van der Waals surface area contributed by atoms with Gasteiger partial charge >= 0.3 is 0 Å². The standard InChI is InChI=1S/C14H20N2O3S/c1-16-8-9-19-14(12-16)11-15-20(17,18)10-7-13-5-3-2-4-6-13/h2-7,10,14-15H,8-9,11-12H2,1H3/b10-7+/t14-/m0/s1. The van der Waals surface area contributed by atoms with E-state index >= 15 is 0 Å². The van der Waals surface area contributed by atoms with Gasteiger partial charge in [-0.3, -0.25) is 0 Å². The summed E-state index contributed by atoms with van der Waals surface area (Å²) in [6.45, 7) is 2.57. The van der Waals surface area contributed by atoms with Crippen molar-refractivity contribution < 1.29 is 13.2 Å². The Kier molecular flexibility index (Phi) is 5.31. The molecule has 0 amide bonds. The number of nitrogens with one attached hydrogen (secondary N) is 1. The highest BCUT2D eigenvalue weighted by Gasteiger charge is 2.19. The molecule has 1 atom stereocenters. The lowest BCUT2D eigenvalue weighted by Crippen LogP contribution is -2.45. The van der Waals surface area contributed by atoms with Crippen molar-refractivity contribution in [3.63, 3.8) is 0 Å². The van der Waals surface area contributed by atoms with Crippen molar-refractivity contribution in [1.29, 1.82) is 0 Å². The van der Waals surface area contributed by atoms with Crippen LogP contribution in [-0.2, 0) is 14.8 Å². The van der Waals surface area contributed by atoms with Crippen molar-refractivity contribution in [2.75, 3.05) is 33.3 Å². The number of benzene rings is 1. The molecule has 0 unspecified atom stereocenters. The average Bonchev–Trinajstić information content (AvgIpc) is 2.45. The van der Waals surface area contributed by atoms with E-state index < -0.39 is 10.0 Å². The van der Waals surface area contributed by atoms with E-state index in [2.05, 4.69) is 9.62 Å². The molecule has 0 aromatic heterocycles. The summed E-state index contributed by atoms with van der Waals surface area (Å²) in [7, 11) is -1.43. The maximum Gasteiger partial charge on any atom is 0.233 e. The summed E-state index contributed by atoms with van der Waals surface area (Å²) in [5.41, 5.74) is 0.853. The Morgan fingerprint density at radius 1 is 1.40 bits per heavy atom. The molecule has 1 heterocycles. The first kappa shape index (κ1) is 15.2. The molecule has 20 heavy (non-hydrogen) atoms. The highest BCUT2D eigenvalue weighted by molar-refractivity contribution is 7.92. The molecule has 1 aromatic carbocycles. The molecule has 1 aromatic rings. The molecule has 1 fully saturated rings. The van der Waals surface area contributed by atoms with Crippen LogP contribution in [0.15, 0.2) is 35.7 Å². The van der Waals surface area contributed by atoms with E-state index in [1.54, 1.807) is 6.08 Å². The Labute approximate surface area is 120 Å². The van der Waals surface area contributed by atoms with Gasteiger partial charge < -0.3 is 9.64 Å². The summed E-state index contributed by atoms with van der Waals surface area (Å²) in [6.07, 6.45) is 1.49. The fraction of sp³-hybridized carbons (Fsp3) is 0.429. The minimum atomic E-state index is -3.43. The molecule has 1 saturated heterocycles. The fourth-order valence-corrected chi connectivity index (χ4v) is 2.83. The Bertz CT molecular complexity index is 543. The first-order chi connectivity index (χ1) is 9.55. The maximum atomic E-state index is 11.9. The van der Waals surface area contributed by atoms with Gasteiger partial charge in [-0.05, 0) is 18.7 Å². The SMILES string of the molecule is CN1CCO[C@@H](CNS(=O)(=O)/C=C/c2ccccc2)C1. The van der Waals surface area contributed by atoms with E-state index in [1.807, 2.05) is 37.4 Å². The van der Waals surface area contributed by atoms with Crippen molar-refractivity contribution in [2.45, 2.75) is 6.10 Å². The van der Waals surface area contributed by atoms with Gasteiger partial charge in [-0.1, -0.05) is 30.3 Å². The number of hydrogen-bond acceptors (Lipinski definition) is 4. The zero-order chi connectivity index (χ0) is 14.4. The highest BCUT2D eigenvalue weighted by Crippen LogP contribution is 2.04. The molecule has 0 saturated carbocycles. The van der Waals surface area contributed by atoms with Crippen LogP contribution in [0.25, 0.3) is 6.08 Å². The van der Waals surface area contributed by atoms with Crippen molar-refractivity contribution in [3.8, 4) is 0 Å². The van der Waals surface area contributed by atoms with E-state index in [1.165, 1.54) is 5.41 Å². The maximum absolute atomic E-state index is 11.9. The number of sulfonamides is 1. The number of hydrogen-bond donors (Lipinski definition) is 1. The Hall–Kier alpha value is -1.21. The number of nitrogens with zero attached hydrogens (tertiary/aromatic N) is 1. The monoisotopic (exact) mass is 296 g/mol. The van der Waals surface area contributed by atoms with Crippen LogP contribution in [0.3, 0.4) is 0 Å².